The number of hydrogen-bond acceptors (Lipinski definition) is 2. The van der Waals surface area contributed by atoms with Crippen molar-refractivity contribution in [3.63, 3.8) is 0 Å². The van der Waals surface area contributed by atoms with Gasteiger partial charge in [0.1, 0.15) is 5.76 Å². The molecule has 0 aliphatic heterocycles. The number of anilines is 1. The third-order valence-corrected chi connectivity index (χ3v) is 3.10. The lowest BCUT2D eigenvalue weighted by Crippen LogP contribution is -2.14. The van der Waals surface area contributed by atoms with E-state index < -0.39 is 5.91 Å². The maximum Gasteiger partial charge on any atom is 0.258 e. The van der Waals surface area contributed by atoms with Crippen LogP contribution in [0.15, 0.2) is 72.5 Å². The molecule has 2 N–H and O–H groups in total. The average Bonchev–Trinajstić information content (AvgIpc) is 2.49. The first-order valence-electron chi connectivity index (χ1n) is 6.60. The predicted molar refractivity (Wildman–Crippen MR) is 86.0 cm³/mol. The van der Waals surface area contributed by atoms with E-state index in [0.29, 0.717) is 5.69 Å². The molecule has 0 radical (unpaired) electrons. The molecule has 1 amide bonds. The maximum atomic E-state index is 12.0. The zero-order valence-electron chi connectivity index (χ0n) is 11.8. The van der Waals surface area contributed by atoms with Crippen LogP contribution in [0.25, 0.3) is 6.08 Å². The Labute approximate surface area is 124 Å². The van der Waals surface area contributed by atoms with Crippen molar-refractivity contribution in [1.82, 2.24) is 0 Å². The second-order valence-electron chi connectivity index (χ2n) is 4.68. The van der Waals surface area contributed by atoms with Crippen molar-refractivity contribution < 1.29 is 9.90 Å². The molecule has 2 aromatic carbocycles. The van der Waals surface area contributed by atoms with Crippen LogP contribution < -0.4 is 5.32 Å². The fraction of sp³-hybridized carbons (Fsp3) is 0.0556. The second kappa shape index (κ2) is 6.57. The number of nitrogens with one attached hydrogen (secondary N) is 1. The van der Waals surface area contributed by atoms with Crippen LogP contribution in [0, 0.1) is 6.92 Å². The summed E-state index contributed by atoms with van der Waals surface area (Å²) in [5.74, 6) is -0.568. The molecule has 0 aliphatic carbocycles. The van der Waals surface area contributed by atoms with Crippen molar-refractivity contribution in [1.29, 1.82) is 0 Å². The highest BCUT2D eigenvalue weighted by atomic mass is 16.3. The maximum absolute atomic E-state index is 12.0. The van der Waals surface area contributed by atoms with Crippen LogP contribution >= 0.6 is 0 Å². The normalized spacial score (nSPS) is 11.0. The SMILES string of the molecule is C=C(C(=O)Nc1ccccc1)/C(O)=C\c1ccccc1C. The summed E-state index contributed by atoms with van der Waals surface area (Å²) in [6.07, 6.45) is 1.54. The van der Waals surface area contributed by atoms with Gasteiger partial charge in [-0.05, 0) is 36.3 Å². The van der Waals surface area contributed by atoms with Crippen LogP contribution in [-0.4, -0.2) is 11.0 Å². The lowest BCUT2D eigenvalue weighted by atomic mass is 10.1. The molecule has 0 atom stereocenters. The summed E-state index contributed by atoms with van der Waals surface area (Å²) in [4.78, 5) is 12.0. The van der Waals surface area contributed by atoms with Gasteiger partial charge < -0.3 is 10.4 Å². The number of hydrogen-bond donors (Lipinski definition) is 2. The number of aliphatic hydroxyl groups excluding tert-OH is 1. The van der Waals surface area contributed by atoms with Crippen molar-refractivity contribution in [2.75, 3.05) is 5.32 Å². The van der Waals surface area contributed by atoms with Gasteiger partial charge in [-0.25, -0.2) is 0 Å². The number of para-hydroxylation sites is 1. The number of aliphatic hydroxyl groups is 1. The van der Waals surface area contributed by atoms with E-state index in [-0.39, 0.29) is 11.3 Å². The molecule has 0 aromatic heterocycles. The van der Waals surface area contributed by atoms with E-state index in [1.54, 1.807) is 18.2 Å². The smallest absolute Gasteiger partial charge is 0.258 e. The van der Waals surface area contributed by atoms with Crippen LogP contribution in [0.2, 0.25) is 0 Å². The van der Waals surface area contributed by atoms with E-state index in [4.69, 9.17) is 0 Å². The van der Waals surface area contributed by atoms with Crippen molar-refractivity contribution in [3.05, 3.63) is 83.6 Å². The van der Waals surface area contributed by atoms with Crippen molar-refractivity contribution in [2.24, 2.45) is 0 Å². The zero-order chi connectivity index (χ0) is 15.2. The fourth-order valence-electron chi connectivity index (χ4n) is 1.83. The predicted octanol–water partition coefficient (Wildman–Crippen LogP) is 4.09. The molecule has 0 saturated carbocycles. The van der Waals surface area contributed by atoms with E-state index in [0.717, 1.165) is 11.1 Å². The van der Waals surface area contributed by atoms with Gasteiger partial charge in [0.05, 0.1) is 5.57 Å². The van der Waals surface area contributed by atoms with Gasteiger partial charge in [0, 0.05) is 5.69 Å². The zero-order valence-corrected chi connectivity index (χ0v) is 11.8. The molecule has 2 rings (SSSR count). The van der Waals surface area contributed by atoms with Crippen LogP contribution in [0.1, 0.15) is 11.1 Å². The van der Waals surface area contributed by atoms with Gasteiger partial charge in [-0.1, -0.05) is 49.0 Å². The summed E-state index contributed by atoms with van der Waals surface area (Å²) in [6, 6.07) is 16.6. The molecule has 3 heteroatoms. The number of aryl methyl sites for hydroxylation is 1. The molecular weight excluding hydrogens is 262 g/mol. The van der Waals surface area contributed by atoms with E-state index in [2.05, 4.69) is 11.9 Å². The molecule has 0 spiro atoms. The highest BCUT2D eigenvalue weighted by Crippen LogP contribution is 2.16. The Morgan fingerprint density at radius 2 is 1.71 bits per heavy atom. The Morgan fingerprint density at radius 3 is 2.38 bits per heavy atom. The van der Waals surface area contributed by atoms with Crippen molar-refractivity contribution >= 4 is 17.7 Å². The minimum Gasteiger partial charge on any atom is -0.507 e. The summed E-state index contributed by atoms with van der Waals surface area (Å²) in [5, 5.41) is 12.7. The van der Waals surface area contributed by atoms with Gasteiger partial charge in [0.25, 0.3) is 5.91 Å². The molecule has 21 heavy (non-hydrogen) atoms. The number of rotatable bonds is 4. The minimum absolute atomic E-state index is 0.0297. The lowest BCUT2D eigenvalue weighted by molar-refractivity contribution is -0.112. The Bertz CT molecular complexity index is 687. The molecule has 106 valence electrons. The van der Waals surface area contributed by atoms with E-state index >= 15 is 0 Å². The van der Waals surface area contributed by atoms with Gasteiger partial charge in [-0.15, -0.1) is 0 Å². The monoisotopic (exact) mass is 279 g/mol. The molecule has 0 aliphatic rings. The van der Waals surface area contributed by atoms with Crippen LogP contribution in [-0.2, 0) is 4.79 Å². The Balaban J connectivity index is 2.12. The first-order chi connectivity index (χ1) is 10.1. The standard InChI is InChI=1S/C18H17NO2/c1-13-8-6-7-9-15(13)12-17(20)14(2)18(21)19-16-10-4-3-5-11-16/h3-12,20H,2H2,1H3,(H,19,21)/b17-12+. The van der Waals surface area contributed by atoms with Gasteiger partial charge in [-0.3, -0.25) is 4.79 Å². The average molecular weight is 279 g/mol. The number of carbonyl (C=O) groups excluding carboxylic acids is 1. The van der Waals surface area contributed by atoms with Gasteiger partial charge in [-0.2, -0.15) is 0 Å². The number of carbonyl (C=O) groups is 1. The van der Waals surface area contributed by atoms with E-state index in [9.17, 15) is 9.90 Å². The van der Waals surface area contributed by atoms with E-state index in [1.165, 1.54) is 0 Å². The van der Waals surface area contributed by atoms with Crippen LogP contribution in [0.3, 0.4) is 0 Å². The van der Waals surface area contributed by atoms with Gasteiger partial charge >= 0.3 is 0 Å². The first kappa shape index (κ1) is 14.6. The molecule has 0 heterocycles. The highest BCUT2D eigenvalue weighted by Gasteiger charge is 2.11. The molecule has 0 fully saturated rings. The van der Waals surface area contributed by atoms with Crippen LogP contribution in [0.5, 0.6) is 0 Å². The van der Waals surface area contributed by atoms with Gasteiger partial charge in [0.15, 0.2) is 0 Å². The second-order valence-corrected chi connectivity index (χ2v) is 4.68. The first-order valence-corrected chi connectivity index (χ1v) is 6.60. The van der Waals surface area contributed by atoms with Crippen LogP contribution in [0.4, 0.5) is 5.69 Å². The summed E-state index contributed by atoms with van der Waals surface area (Å²) in [7, 11) is 0. The van der Waals surface area contributed by atoms with Crippen molar-refractivity contribution in [3.8, 4) is 0 Å². The molecule has 0 bridgehead atoms. The third kappa shape index (κ3) is 3.83. The minimum atomic E-state index is -0.427. The fourth-order valence-corrected chi connectivity index (χ4v) is 1.83. The van der Waals surface area contributed by atoms with Crippen molar-refractivity contribution in [2.45, 2.75) is 6.92 Å². The van der Waals surface area contributed by atoms with Gasteiger partial charge in [0.2, 0.25) is 0 Å². The number of benzene rings is 2. The lowest BCUT2D eigenvalue weighted by Gasteiger charge is -2.08. The molecular formula is C18H17NO2. The van der Waals surface area contributed by atoms with E-state index in [1.807, 2.05) is 49.4 Å². The summed E-state index contributed by atoms with van der Waals surface area (Å²) in [6.45, 7) is 5.58. The number of amides is 1. The Morgan fingerprint density at radius 1 is 1.10 bits per heavy atom. The molecule has 0 saturated heterocycles. The molecule has 0 unspecified atom stereocenters. The third-order valence-electron chi connectivity index (χ3n) is 3.10. The summed E-state index contributed by atoms with van der Waals surface area (Å²) < 4.78 is 0. The topological polar surface area (TPSA) is 49.3 Å². The molecule has 3 nitrogen and oxygen atoms in total. The molecule has 2 aromatic rings. The quantitative estimate of drug-likeness (QED) is 0.503. The summed E-state index contributed by atoms with van der Waals surface area (Å²) in [5.41, 5.74) is 2.55. The largest absolute Gasteiger partial charge is 0.507 e. The summed E-state index contributed by atoms with van der Waals surface area (Å²) >= 11 is 0. The Hall–Kier alpha value is -2.81. The Kier molecular flexibility index (Phi) is 4.57. The highest BCUT2D eigenvalue weighted by molar-refractivity contribution is 6.06.